The Kier molecular flexibility index (Phi) is 3.08. The van der Waals surface area contributed by atoms with E-state index in [2.05, 4.69) is 10.2 Å². The fourth-order valence-corrected chi connectivity index (χ4v) is 1.77. The van der Waals surface area contributed by atoms with E-state index in [1.54, 1.807) is 21.8 Å². The van der Waals surface area contributed by atoms with Crippen LogP contribution in [0.5, 0.6) is 0 Å². The van der Waals surface area contributed by atoms with Crippen LogP contribution >= 0.6 is 0 Å². The van der Waals surface area contributed by atoms with Crippen LogP contribution in [0.1, 0.15) is 35.6 Å². The molecule has 0 N–H and O–H groups in total. The molecule has 0 unspecified atom stereocenters. The Bertz CT molecular complexity index is 538. The maximum atomic E-state index is 12.3. The van der Waals surface area contributed by atoms with Gasteiger partial charge in [0.2, 0.25) is 5.78 Å². The maximum Gasteiger partial charge on any atom is 0.214 e. The molecule has 0 aliphatic rings. The second-order valence-corrected chi connectivity index (χ2v) is 3.90. The van der Waals surface area contributed by atoms with Crippen molar-refractivity contribution >= 4 is 5.78 Å². The van der Waals surface area contributed by atoms with Crippen LogP contribution in [0.15, 0.2) is 18.5 Å². The topological polar surface area (TPSA) is 52.7 Å². The minimum atomic E-state index is -0.0212. The molecule has 0 aliphatic carbocycles. The Morgan fingerprint density at radius 1 is 1.35 bits per heavy atom. The van der Waals surface area contributed by atoms with Gasteiger partial charge in [-0.25, -0.2) is 0 Å². The largest absolute Gasteiger partial charge is 0.287 e. The van der Waals surface area contributed by atoms with Gasteiger partial charge in [-0.3, -0.25) is 14.2 Å². The molecule has 90 valence electrons. The van der Waals surface area contributed by atoms with E-state index in [-0.39, 0.29) is 5.78 Å². The first-order valence-electron chi connectivity index (χ1n) is 5.77. The van der Waals surface area contributed by atoms with Crippen molar-refractivity contribution in [3.63, 3.8) is 0 Å². The number of hydrogen-bond donors (Lipinski definition) is 0. The van der Waals surface area contributed by atoms with Crippen LogP contribution in [-0.2, 0) is 13.1 Å². The van der Waals surface area contributed by atoms with E-state index in [0.29, 0.717) is 17.8 Å². The fourth-order valence-electron chi connectivity index (χ4n) is 1.77. The standard InChI is InChI=1S/C12H16N4O/c1-4-15-8-10(7-13-15)12(17)11-6-9(3)14-16(11)5-2/h6-8H,4-5H2,1-3H3. The highest BCUT2D eigenvalue weighted by Gasteiger charge is 2.16. The molecule has 2 rings (SSSR count). The number of nitrogens with zero attached hydrogens (tertiary/aromatic N) is 4. The second-order valence-electron chi connectivity index (χ2n) is 3.90. The van der Waals surface area contributed by atoms with E-state index in [9.17, 15) is 4.79 Å². The van der Waals surface area contributed by atoms with Crippen molar-refractivity contribution in [2.24, 2.45) is 0 Å². The smallest absolute Gasteiger partial charge is 0.214 e. The fraction of sp³-hybridized carbons (Fsp3) is 0.417. The van der Waals surface area contributed by atoms with Crippen molar-refractivity contribution in [1.29, 1.82) is 0 Å². The maximum absolute atomic E-state index is 12.3. The molecule has 0 spiro atoms. The number of aromatic nitrogens is 4. The molecule has 5 nitrogen and oxygen atoms in total. The molecule has 2 aromatic heterocycles. The lowest BCUT2D eigenvalue weighted by molar-refractivity contribution is 0.102. The van der Waals surface area contributed by atoms with Crippen molar-refractivity contribution in [3.8, 4) is 0 Å². The summed E-state index contributed by atoms with van der Waals surface area (Å²) in [5, 5.41) is 8.38. The SMILES string of the molecule is CCn1cc(C(=O)c2cc(C)nn2CC)cn1. The molecule has 0 fully saturated rings. The Hall–Kier alpha value is -1.91. The summed E-state index contributed by atoms with van der Waals surface area (Å²) in [6, 6.07) is 1.81. The van der Waals surface area contributed by atoms with Gasteiger partial charge < -0.3 is 0 Å². The van der Waals surface area contributed by atoms with Crippen LogP contribution in [-0.4, -0.2) is 25.3 Å². The van der Waals surface area contributed by atoms with Crippen molar-refractivity contribution in [3.05, 3.63) is 35.4 Å². The molecular formula is C12H16N4O. The van der Waals surface area contributed by atoms with E-state index >= 15 is 0 Å². The Balaban J connectivity index is 2.36. The van der Waals surface area contributed by atoms with E-state index in [1.165, 1.54) is 0 Å². The van der Waals surface area contributed by atoms with Gasteiger partial charge in [-0.2, -0.15) is 10.2 Å². The lowest BCUT2D eigenvalue weighted by Gasteiger charge is -2.01. The number of carbonyl (C=O) groups is 1. The summed E-state index contributed by atoms with van der Waals surface area (Å²) in [4.78, 5) is 12.3. The first-order chi connectivity index (χ1) is 8.15. The molecule has 0 saturated carbocycles. The van der Waals surface area contributed by atoms with Gasteiger partial charge in [-0.1, -0.05) is 0 Å². The van der Waals surface area contributed by atoms with Crippen LogP contribution in [0.4, 0.5) is 0 Å². The summed E-state index contributed by atoms with van der Waals surface area (Å²) in [5.74, 6) is -0.0212. The highest BCUT2D eigenvalue weighted by atomic mass is 16.1. The molecule has 17 heavy (non-hydrogen) atoms. The molecule has 2 aromatic rings. The highest BCUT2D eigenvalue weighted by molar-refractivity contribution is 6.07. The van der Waals surface area contributed by atoms with Gasteiger partial charge in [0.15, 0.2) is 0 Å². The molecule has 0 aromatic carbocycles. The van der Waals surface area contributed by atoms with Crippen LogP contribution in [0.2, 0.25) is 0 Å². The van der Waals surface area contributed by atoms with Crippen molar-refractivity contribution in [2.75, 3.05) is 0 Å². The zero-order valence-corrected chi connectivity index (χ0v) is 10.3. The lowest BCUT2D eigenvalue weighted by atomic mass is 10.1. The predicted molar refractivity (Wildman–Crippen MR) is 64.0 cm³/mol. The first kappa shape index (κ1) is 11.6. The molecule has 0 aliphatic heterocycles. The van der Waals surface area contributed by atoms with Gasteiger partial charge >= 0.3 is 0 Å². The third-order valence-corrected chi connectivity index (χ3v) is 2.65. The van der Waals surface area contributed by atoms with Gasteiger partial charge in [0.1, 0.15) is 5.69 Å². The van der Waals surface area contributed by atoms with Gasteiger partial charge in [0.05, 0.1) is 17.5 Å². The second kappa shape index (κ2) is 4.53. The van der Waals surface area contributed by atoms with Gasteiger partial charge in [-0.05, 0) is 26.8 Å². The summed E-state index contributed by atoms with van der Waals surface area (Å²) in [7, 11) is 0. The van der Waals surface area contributed by atoms with E-state index < -0.39 is 0 Å². The number of carbonyl (C=O) groups excluding carboxylic acids is 1. The molecule has 5 heteroatoms. The van der Waals surface area contributed by atoms with Gasteiger partial charge in [0.25, 0.3) is 0 Å². The van der Waals surface area contributed by atoms with Gasteiger partial charge in [0, 0.05) is 19.3 Å². The highest BCUT2D eigenvalue weighted by Crippen LogP contribution is 2.11. The van der Waals surface area contributed by atoms with Gasteiger partial charge in [-0.15, -0.1) is 0 Å². The average Bonchev–Trinajstić information content (AvgIpc) is 2.93. The van der Waals surface area contributed by atoms with E-state index in [4.69, 9.17) is 0 Å². The zero-order valence-electron chi connectivity index (χ0n) is 10.3. The van der Waals surface area contributed by atoms with Crippen LogP contribution in [0, 0.1) is 6.92 Å². The summed E-state index contributed by atoms with van der Waals surface area (Å²) < 4.78 is 3.47. The number of aryl methyl sites for hydroxylation is 3. The zero-order chi connectivity index (χ0) is 12.4. The third kappa shape index (κ3) is 2.13. The summed E-state index contributed by atoms with van der Waals surface area (Å²) in [6.07, 6.45) is 3.37. The number of hydrogen-bond acceptors (Lipinski definition) is 3. The molecule has 0 saturated heterocycles. The normalized spacial score (nSPS) is 10.8. The van der Waals surface area contributed by atoms with Crippen molar-refractivity contribution in [1.82, 2.24) is 19.6 Å². The van der Waals surface area contributed by atoms with Crippen LogP contribution in [0.25, 0.3) is 0 Å². The monoisotopic (exact) mass is 232 g/mol. The Morgan fingerprint density at radius 3 is 2.71 bits per heavy atom. The van der Waals surface area contributed by atoms with Crippen LogP contribution in [0.3, 0.4) is 0 Å². The Labute approximate surface area is 100 Å². The minimum absolute atomic E-state index is 0.0212. The molecule has 0 atom stereocenters. The summed E-state index contributed by atoms with van der Waals surface area (Å²) in [5.41, 5.74) is 2.10. The lowest BCUT2D eigenvalue weighted by Crippen LogP contribution is -2.10. The Morgan fingerprint density at radius 2 is 2.12 bits per heavy atom. The summed E-state index contributed by atoms with van der Waals surface area (Å²) >= 11 is 0. The van der Waals surface area contributed by atoms with Crippen molar-refractivity contribution < 1.29 is 4.79 Å². The van der Waals surface area contributed by atoms with E-state index in [1.807, 2.05) is 26.8 Å². The van der Waals surface area contributed by atoms with Crippen molar-refractivity contribution in [2.45, 2.75) is 33.9 Å². The minimum Gasteiger partial charge on any atom is -0.287 e. The van der Waals surface area contributed by atoms with Crippen LogP contribution < -0.4 is 0 Å². The first-order valence-corrected chi connectivity index (χ1v) is 5.77. The molecule has 2 heterocycles. The average molecular weight is 232 g/mol. The van der Waals surface area contributed by atoms with E-state index in [0.717, 1.165) is 12.2 Å². The molecular weight excluding hydrogens is 216 g/mol. The molecule has 0 bridgehead atoms. The molecule has 0 amide bonds. The quantitative estimate of drug-likeness (QED) is 0.753. The third-order valence-electron chi connectivity index (χ3n) is 2.65. The summed E-state index contributed by atoms with van der Waals surface area (Å²) in [6.45, 7) is 7.30. The predicted octanol–water partition coefficient (Wildman–Crippen LogP) is 1.66. The number of ketones is 1. The number of rotatable bonds is 4. The molecule has 0 radical (unpaired) electrons.